The quantitative estimate of drug-likeness (QED) is 0.548. The first kappa shape index (κ1) is 18.3. The van der Waals surface area contributed by atoms with E-state index in [-0.39, 0.29) is 23.8 Å². The van der Waals surface area contributed by atoms with Gasteiger partial charge in [0.2, 0.25) is 5.78 Å². The van der Waals surface area contributed by atoms with Crippen LogP contribution in [0.1, 0.15) is 43.1 Å². The summed E-state index contributed by atoms with van der Waals surface area (Å²) in [5, 5.41) is 0. The maximum Gasteiger partial charge on any atom is 0.332 e. The van der Waals surface area contributed by atoms with Crippen LogP contribution in [-0.2, 0) is 13.6 Å². The molecular weight excluding hydrogens is 354 g/mol. The van der Waals surface area contributed by atoms with Gasteiger partial charge in [-0.25, -0.2) is 4.79 Å². The van der Waals surface area contributed by atoms with Gasteiger partial charge in [-0.05, 0) is 32.8 Å². The number of aromatic nitrogens is 5. The van der Waals surface area contributed by atoms with E-state index in [4.69, 9.17) is 0 Å². The minimum absolute atomic E-state index is 0.236. The Morgan fingerprint density at radius 1 is 1.11 bits per heavy atom. The summed E-state index contributed by atoms with van der Waals surface area (Å²) < 4.78 is 6.70. The lowest BCUT2D eigenvalue weighted by atomic mass is 10.1. The van der Waals surface area contributed by atoms with Crippen molar-refractivity contribution in [1.82, 2.24) is 23.1 Å². The lowest BCUT2D eigenvalue weighted by molar-refractivity contribution is 0.532. The van der Waals surface area contributed by atoms with Crippen molar-refractivity contribution in [2.75, 3.05) is 0 Å². The number of hydrogen-bond donors (Lipinski definition) is 0. The van der Waals surface area contributed by atoms with Gasteiger partial charge in [0.1, 0.15) is 0 Å². The highest BCUT2D eigenvalue weighted by atomic mass is 16.2. The van der Waals surface area contributed by atoms with Crippen LogP contribution in [-0.4, -0.2) is 23.1 Å². The molecule has 146 valence electrons. The Hall–Kier alpha value is -3.09. The van der Waals surface area contributed by atoms with Crippen LogP contribution in [0, 0.1) is 13.8 Å². The normalized spacial score (nSPS) is 12.9. The maximum absolute atomic E-state index is 13.3. The number of rotatable bonds is 4. The molecule has 4 rings (SSSR count). The zero-order valence-corrected chi connectivity index (χ0v) is 16.9. The fourth-order valence-electron chi connectivity index (χ4n) is 3.77. The van der Waals surface area contributed by atoms with Gasteiger partial charge < -0.3 is 4.57 Å². The molecule has 4 aromatic rings. The number of fused-ring (bicyclic) bond motifs is 3. The van der Waals surface area contributed by atoms with E-state index in [9.17, 15) is 9.59 Å². The molecule has 1 atom stereocenters. The molecule has 0 saturated carbocycles. The van der Waals surface area contributed by atoms with Crippen LogP contribution in [0.4, 0.5) is 0 Å². The number of nitrogens with zero attached hydrogens (tertiary/aromatic N) is 5. The molecule has 0 saturated heterocycles. The van der Waals surface area contributed by atoms with E-state index >= 15 is 0 Å². The molecule has 0 fully saturated rings. The van der Waals surface area contributed by atoms with Crippen molar-refractivity contribution in [2.24, 2.45) is 7.05 Å². The van der Waals surface area contributed by atoms with Crippen LogP contribution in [0.2, 0.25) is 0 Å². The SMILES string of the molecule is CC[C@H](C)n1c(C)cn2c3c(=O)n(Cc4ccc(C)cc4)c(=O)n(C)c3nc12. The lowest BCUT2D eigenvalue weighted by Crippen LogP contribution is -2.39. The fourth-order valence-corrected chi connectivity index (χ4v) is 3.77. The van der Waals surface area contributed by atoms with E-state index in [1.807, 2.05) is 48.7 Å². The van der Waals surface area contributed by atoms with Gasteiger partial charge in [0.05, 0.1) is 6.54 Å². The van der Waals surface area contributed by atoms with E-state index in [1.165, 1.54) is 9.13 Å². The van der Waals surface area contributed by atoms with Gasteiger partial charge in [-0.2, -0.15) is 4.98 Å². The van der Waals surface area contributed by atoms with Crippen LogP contribution in [0.5, 0.6) is 0 Å². The number of aryl methyl sites for hydroxylation is 3. The van der Waals surface area contributed by atoms with Crippen molar-refractivity contribution in [3.8, 4) is 0 Å². The van der Waals surface area contributed by atoms with E-state index in [1.54, 1.807) is 7.05 Å². The zero-order chi connectivity index (χ0) is 20.2. The predicted molar refractivity (Wildman–Crippen MR) is 110 cm³/mol. The van der Waals surface area contributed by atoms with Crippen molar-refractivity contribution in [3.05, 3.63) is 68.1 Å². The molecule has 0 aliphatic carbocycles. The van der Waals surface area contributed by atoms with Gasteiger partial charge in [0.15, 0.2) is 11.2 Å². The monoisotopic (exact) mass is 379 g/mol. The minimum Gasteiger partial charge on any atom is -0.311 e. The van der Waals surface area contributed by atoms with Crippen LogP contribution in [0.15, 0.2) is 40.1 Å². The fraction of sp³-hybridized carbons (Fsp3) is 0.381. The van der Waals surface area contributed by atoms with Crippen molar-refractivity contribution in [1.29, 1.82) is 0 Å². The van der Waals surface area contributed by atoms with Gasteiger partial charge in [0, 0.05) is 25.0 Å². The molecule has 0 unspecified atom stereocenters. The van der Waals surface area contributed by atoms with E-state index in [0.29, 0.717) is 16.9 Å². The molecule has 3 aromatic heterocycles. The summed E-state index contributed by atoms with van der Waals surface area (Å²) in [5.74, 6) is 0.696. The Bertz CT molecular complexity index is 1300. The van der Waals surface area contributed by atoms with Crippen molar-refractivity contribution in [3.63, 3.8) is 0 Å². The Kier molecular flexibility index (Phi) is 4.25. The topological polar surface area (TPSA) is 66.2 Å². The molecule has 0 N–H and O–H groups in total. The van der Waals surface area contributed by atoms with Crippen LogP contribution < -0.4 is 11.2 Å². The maximum atomic E-state index is 13.3. The number of imidazole rings is 2. The second-order valence-corrected chi connectivity index (χ2v) is 7.57. The van der Waals surface area contributed by atoms with Gasteiger partial charge in [-0.1, -0.05) is 36.8 Å². The minimum atomic E-state index is -0.356. The molecule has 0 radical (unpaired) electrons. The molecule has 7 nitrogen and oxygen atoms in total. The van der Waals surface area contributed by atoms with E-state index in [2.05, 4.69) is 23.4 Å². The summed E-state index contributed by atoms with van der Waals surface area (Å²) in [5.41, 5.74) is 3.28. The standard InChI is InChI=1S/C21H25N5O2/c1-6-14(3)26-15(4)11-24-17-18(22-20(24)26)23(5)21(28)25(19(17)27)12-16-9-7-13(2)8-10-16/h7-11,14H,6,12H2,1-5H3/t14-/m0/s1. The molecule has 0 aliphatic heterocycles. The van der Waals surface area contributed by atoms with Crippen LogP contribution in [0.3, 0.4) is 0 Å². The number of hydrogen-bond acceptors (Lipinski definition) is 3. The summed E-state index contributed by atoms with van der Waals surface area (Å²) in [7, 11) is 1.67. The van der Waals surface area contributed by atoms with Gasteiger partial charge in [0.25, 0.3) is 5.56 Å². The molecule has 0 spiro atoms. The Labute approximate surface area is 162 Å². The Morgan fingerprint density at radius 3 is 2.43 bits per heavy atom. The van der Waals surface area contributed by atoms with Crippen molar-refractivity contribution < 1.29 is 0 Å². The van der Waals surface area contributed by atoms with Crippen molar-refractivity contribution in [2.45, 2.75) is 46.7 Å². The smallest absolute Gasteiger partial charge is 0.311 e. The highest BCUT2D eigenvalue weighted by Crippen LogP contribution is 2.22. The van der Waals surface area contributed by atoms with Crippen LogP contribution in [0.25, 0.3) is 16.9 Å². The molecule has 0 bridgehead atoms. The first-order valence-electron chi connectivity index (χ1n) is 9.58. The largest absolute Gasteiger partial charge is 0.332 e. The highest BCUT2D eigenvalue weighted by molar-refractivity contribution is 5.75. The molecule has 1 aromatic carbocycles. The highest BCUT2D eigenvalue weighted by Gasteiger charge is 2.21. The molecular formula is C21H25N5O2. The van der Waals surface area contributed by atoms with Gasteiger partial charge >= 0.3 is 5.69 Å². The first-order valence-corrected chi connectivity index (χ1v) is 9.58. The Morgan fingerprint density at radius 2 is 1.79 bits per heavy atom. The molecule has 28 heavy (non-hydrogen) atoms. The van der Waals surface area contributed by atoms with Gasteiger partial charge in [-0.15, -0.1) is 0 Å². The third kappa shape index (κ3) is 2.61. The number of benzene rings is 1. The molecule has 0 amide bonds. The molecule has 3 heterocycles. The summed E-state index contributed by atoms with van der Waals surface area (Å²) in [6.45, 7) is 8.50. The molecule has 0 aliphatic rings. The third-order valence-corrected chi connectivity index (χ3v) is 5.56. The van der Waals surface area contributed by atoms with Gasteiger partial charge in [-0.3, -0.25) is 18.3 Å². The average Bonchev–Trinajstić information content (AvgIpc) is 3.19. The van der Waals surface area contributed by atoms with Crippen LogP contribution >= 0.6 is 0 Å². The zero-order valence-electron chi connectivity index (χ0n) is 16.9. The van der Waals surface area contributed by atoms with Crippen molar-refractivity contribution >= 4 is 16.9 Å². The second kappa shape index (κ2) is 6.51. The second-order valence-electron chi connectivity index (χ2n) is 7.57. The summed E-state index contributed by atoms with van der Waals surface area (Å²) in [6.07, 6.45) is 2.88. The average molecular weight is 379 g/mol. The molecule has 7 heteroatoms. The lowest BCUT2D eigenvalue weighted by Gasteiger charge is -2.12. The van der Waals surface area contributed by atoms with E-state index < -0.39 is 0 Å². The third-order valence-electron chi connectivity index (χ3n) is 5.56. The first-order chi connectivity index (χ1) is 13.3. The van der Waals surface area contributed by atoms with E-state index in [0.717, 1.165) is 23.2 Å². The Balaban J connectivity index is 2.00. The summed E-state index contributed by atoms with van der Waals surface area (Å²) in [6, 6.07) is 8.11. The summed E-state index contributed by atoms with van der Waals surface area (Å²) >= 11 is 0. The predicted octanol–water partition coefficient (Wildman–Crippen LogP) is 2.79. The summed E-state index contributed by atoms with van der Waals surface area (Å²) in [4.78, 5) is 30.8.